The Morgan fingerprint density at radius 2 is 1.72 bits per heavy atom. The molecule has 0 aliphatic carbocycles. The van der Waals surface area contributed by atoms with E-state index in [4.69, 9.17) is 9.47 Å². The number of thioether (sulfide) groups is 1. The van der Waals surface area contributed by atoms with Crippen LogP contribution in [0.15, 0.2) is 77.7 Å². The molecule has 0 radical (unpaired) electrons. The van der Waals surface area contributed by atoms with Crippen molar-refractivity contribution in [3.05, 3.63) is 72.8 Å². The maximum absolute atomic E-state index is 12.7. The topological polar surface area (TPSA) is 67.9 Å². The van der Waals surface area contributed by atoms with Gasteiger partial charge in [0.1, 0.15) is 11.5 Å². The van der Waals surface area contributed by atoms with E-state index in [1.165, 1.54) is 11.8 Å². The number of fused-ring (bicyclic) bond motifs is 1. The Morgan fingerprint density at radius 3 is 2.53 bits per heavy atom. The van der Waals surface area contributed by atoms with Gasteiger partial charge in [-0.05, 0) is 55.5 Å². The first-order valence-corrected chi connectivity index (χ1v) is 11.4. The van der Waals surface area contributed by atoms with Gasteiger partial charge in [-0.2, -0.15) is 0 Å². The number of hydrogen-bond donors (Lipinski definition) is 1. The summed E-state index contributed by atoms with van der Waals surface area (Å²) in [5.41, 5.74) is 1.44. The van der Waals surface area contributed by atoms with Crippen molar-refractivity contribution in [3.63, 3.8) is 0 Å². The van der Waals surface area contributed by atoms with Crippen LogP contribution in [0.25, 0.3) is 0 Å². The van der Waals surface area contributed by atoms with Crippen molar-refractivity contribution in [1.82, 2.24) is 0 Å². The van der Waals surface area contributed by atoms with E-state index < -0.39 is 0 Å². The lowest BCUT2D eigenvalue weighted by Gasteiger charge is -2.28. The molecule has 0 spiro atoms. The molecule has 0 saturated carbocycles. The molecule has 0 saturated heterocycles. The molecule has 1 N–H and O–H groups in total. The fourth-order valence-electron chi connectivity index (χ4n) is 3.38. The lowest BCUT2D eigenvalue weighted by atomic mass is 10.2. The summed E-state index contributed by atoms with van der Waals surface area (Å²) in [6.45, 7) is 2.86. The number of para-hydroxylation sites is 3. The van der Waals surface area contributed by atoms with Crippen molar-refractivity contribution in [2.45, 2.75) is 18.2 Å². The minimum Gasteiger partial charge on any atom is -0.494 e. The number of hydrogen-bond acceptors (Lipinski definition) is 5. The third-order valence-corrected chi connectivity index (χ3v) is 5.94. The van der Waals surface area contributed by atoms with Gasteiger partial charge in [-0.1, -0.05) is 24.3 Å². The van der Waals surface area contributed by atoms with E-state index in [1.54, 1.807) is 17.0 Å². The first-order chi connectivity index (χ1) is 15.6. The zero-order chi connectivity index (χ0) is 22.3. The van der Waals surface area contributed by atoms with Gasteiger partial charge in [-0.15, -0.1) is 11.8 Å². The fourth-order valence-corrected chi connectivity index (χ4v) is 4.32. The molecule has 6 nitrogen and oxygen atoms in total. The summed E-state index contributed by atoms with van der Waals surface area (Å²) in [6, 6.07) is 22.4. The molecule has 1 aliphatic rings. The van der Waals surface area contributed by atoms with Gasteiger partial charge in [0, 0.05) is 17.9 Å². The summed E-state index contributed by atoms with van der Waals surface area (Å²) in [5.74, 6) is 2.17. The number of amides is 2. The predicted molar refractivity (Wildman–Crippen MR) is 127 cm³/mol. The molecule has 2 amide bonds. The molecular weight excluding hydrogens is 424 g/mol. The van der Waals surface area contributed by atoms with Gasteiger partial charge in [-0.3, -0.25) is 9.59 Å². The van der Waals surface area contributed by atoms with E-state index in [2.05, 4.69) is 5.32 Å². The van der Waals surface area contributed by atoms with Gasteiger partial charge in [0.2, 0.25) is 11.8 Å². The standard InChI is InChI=1S/C25H24N2O4S/c1-2-30-18-11-13-19(14-12-18)31-22-9-5-3-7-20(22)26-24(28)15-16-27-21-8-4-6-10-23(21)32-17-25(27)29/h3-14H,2,15-17H2,1H3,(H,26,28). The quantitative estimate of drug-likeness (QED) is 0.503. The van der Waals surface area contributed by atoms with Crippen LogP contribution < -0.4 is 19.7 Å². The van der Waals surface area contributed by atoms with Crippen LogP contribution in [0, 0.1) is 0 Å². The minimum absolute atomic E-state index is 0.0146. The van der Waals surface area contributed by atoms with Crippen LogP contribution in [0.1, 0.15) is 13.3 Å². The Kier molecular flexibility index (Phi) is 6.97. The van der Waals surface area contributed by atoms with Crippen molar-refractivity contribution in [2.24, 2.45) is 0 Å². The predicted octanol–water partition coefficient (Wildman–Crippen LogP) is 5.35. The highest BCUT2D eigenvalue weighted by atomic mass is 32.2. The minimum atomic E-state index is -0.184. The molecule has 0 fully saturated rings. The SMILES string of the molecule is CCOc1ccc(Oc2ccccc2NC(=O)CCN2C(=O)CSc3ccccc32)cc1. The molecule has 3 aromatic carbocycles. The Hall–Kier alpha value is -3.45. The highest BCUT2D eigenvalue weighted by molar-refractivity contribution is 8.00. The Labute approximate surface area is 191 Å². The molecule has 32 heavy (non-hydrogen) atoms. The first kappa shape index (κ1) is 21.8. The van der Waals surface area contributed by atoms with Gasteiger partial charge < -0.3 is 19.7 Å². The van der Waals surface area contributed by atoms with Gasteiger partial charge in [0.15, 0.2) is 5.75 Å². The second-order valence-electron chi connectivity index (χ2n) is 7.10. The van der Waals surface area contributed by atoms with Crippen molar-refractivity contribution in [2.75, 3.05) is 29.1 Å². The van der Waals surface area contributed by atoms with Gasteiger partial charge in [0.05, 0.1) is 23.7 Å². The average molecular weight is 449 g/mol. The molecule has 164 valence electrons. The highest BCUT2D eigenvalue weighted by Crippen LogP contribution is 2.35. The van der Waals surface area contributed by atoms with Crippen molar-refractivity contribution in [1.29, 1.82) is 0 Å². The van der Waals surface area contributed by atoms with E-state index >= 15 is 0 Å². The highest BCUT2D eigenvalue weighted by Gasteiger charge is 2.24. The van der Waals surface area contributed by atoms with Crippen LogP contribution >= 0.6 is 11.8 Å². The second-order valence-corrected chi connectivity index (χ2v) is 8.12. The molecule has 4 rings (SSSR count). The number of anilines is 2. The Balaban J connectivity index is 1.39. The largest absolute Gasteiger partial charge is 0.494 e. The Bertz CT molecular complexity index is 1100. The monoisotopic (exact) mass is 448 g/mol. The summed E-state index contributed by atoms with van der Waals surface area (Å²) in [7, 11) is 0. The zero-order valence-corrected chi connectivity index (χ0v) is 18.6. The van der Waals surface area contributed by atoms with Gasteiger partial charge in [0.25, 0.3) is 0 Å². The number of carbonyl (C=O) groups is 2. The number of benzene rings is 3. The second kappa shape index (κ2) is 10.2. The van der Waals surface area contributed by atoms with E-state index in [-0.39, 0.29) is 18.2 Å². The van der Waals surface area contributed by atoms with Crippen molar-refractivity contribution in [3.8, 4) is 17.2 Å². The van der Waals surface area contributed by atoms with Gasteiger partial charge >= 0.3 is 0 Å². The lowest BCUT2D eigenvalue weighted by molar-refractivity contribution is -0.117. The Morgan fingerprint density at radius 1 is 1.00 bits per heavy atom. The normalized spacial score (nSPS) is 12.8. The summed E-state index contributed by atoms with van der Waals surface area (Å²) in [6.07, 6.45) is 0.183. The zero-order valence-electron chi connectivity index (χ0n) is 17.7. The molecular formula is C25H24N2O4S. The van der Waals surface area contributed by atoms with E-state index in [0.717, 1.165) is 16.3 Å². The fraction of sp³-hybridized carbons (Fsp3) is 0.200. The molecule has 0 unspecified atom stereocenters. The molecule has 7 heteroatoms. The number of nitrogens with one attached hydrogen (secondary N) is 1. The van der Waals surface area contributed by atoms with Gasteiger partial charge in [-0.25, -0.2) is 0 Å². The van der Waals surface area contributed by atoms with Crippen LogP contribution in [0.4, 0.5) is 11.4 Å². The van der Waals surface area contributed by atoms with Crippen molar-refractivity contribution >= 4 is 35.0 Å². The molecule has 0 bridgehead atoms. The smallest absolute Gasteiger partial charge is 0.237 e. The summed E-state index contributed by atoms with van der Waals surface area (Å²) in [5, 5.41) is 2.91. The number of nitrogens with zero attached hydrogens (tertiary/aromatic N) is 1. The first-order valence-electron chi connectivity index (χ1n) is 10.5. The van der Waals surface area contributed by atoms with Crippen LogP contribution in [0.5, 0.6) is 17.2 Å². The number of carbonyl (C=O) groups excluding carboxylic acids is 2. The lowest BCUT2D eigenvalue weighted by Crippen LogP contribution is -2.37. The van der Waals surface area contributed by atoms with E-state index in [9.17, 15) is 9.59 Å². The third-order valence-electron chi connectivity index (χ3n) is 4.89. The molecule has 0 aromatic heterocycles. The van der Waals surface area contributed by atoms with Crippen LogP contribution in [0.2, 0.25) is 0 Å². The van der Waals surface area contributed by atoms with Crippen molar-refractivity contribution < 1.29 is 19.1 Å². The molecule has 1 heterocycles. The average Bonchev–Trinajstić information content (AvgIpc) is 2.81. The van der Waals surface area contributed by atoms with E-state index in [0.29, 0.717) is 36.1 Å². The number of ether oxygens (including phenoxy) is 2. The van der Waals surface area contributed by atoms with Crippen LogP contribution in [-0.4, -0.2) is 30.7 Å². The molecule has 0 atom stereocenters. The van der Waals surface area contributed by atoms with E-state index in [1.807, 2.05) is 67.6 Å². The number of rotatable bonds is 8. The molecule has 3 aromatic rings. The maximum Gasteiger partial charge on any atom is 0.237 e. The molecule has 1 aliphatic heterocycles. The summed E-state index contributed by atoms with van der Waals surface area (Å²) >= 11 is 1.53. The van der Waals surface area contributed by atoms with Crippen LogP contribution in [-0.2, 0) is 9.59 Å². The summed E-state index contributed by atoms with van der Waals surface area (Å²) < 4.78 is 11.4. The maximum atomic E-state index is 12.7. The third kappa shape index (κ3) is 5.23. The summed E-state index contributed by atoms with van der Waals surface area (Å²) in [4.78, 5) is 27.8. The van der Waals surface area contributed by atoms with Crippen LogP contribution in [0.3, 0.4) is 0 Å².